The number of aryl methyl sites for hydroxylation is 2. The van der Waals surface area contributed by atoms with Crippen LogP contribution in [0.15, 0.2) is 6.07 Å². The maximum absolute atomic E-state index is 9.60. The monoisotopic (exact) mass is 163 g/mol. The van der Waals surface area contributed by atoms with Crippen LogP contribution in [0.5, 0.6) is 5.75 Å². The first kappa shape index (κ1) is 7.59. The van der Waals surface area contributed by atoms with Gasteiger partial charge in [0.1, 0.15) is 5.75 Å². The molecule has 0 bridgehead atoms. The van der Waals surface area contributed by atoms with Crippen LogP contribution in [-0.2, 0) is 12.8 Å². The lowest BCUT2D eigenvalue weighted by Crippen LogP contribution is -2.06. The van der Waals surface area contributed by atoms with Gasteiger partial charge in [0.2, 0.25) is 0 Å². The molecule has 2 nitrogen and oxygen atoms in total. The van der Waals surface area contributed by atoms with Crippen molar-refractivity contribution in [2.45, 2.75) is 32.6 Å². The standard InChI is InChI=1S/C10H13NO/c1-7-6-10(12)8-4-2-3-5-9(8)11-7/h6H,2-5H2,1H3,(H,11,12). The summed E-state index contributed by atoms with van der Waals surface area (Å²) in [4.78, 5) is 4.41. The third kappa shape index (κ3) is 1.17. The summed E-state index contributed by atoms with van der Waals surface area (Å²) in [6, 6.07) is 1.75. The highest BCUT2D eigenvalue weighted by molar-refractivity contribution is 5.38. The Bertz CT molecular complexity index is 307. The van der Waals surface area contributed by atoms with Crippen molar-refractivity contribution in [2.24, 2.45) is 0 Å². The Labute approximate surface area is 72.3 Å². The molecular formula is C10H13NO. The second-order valence-corrected chi connectivity index (χ2v) is 3.42. The Morgan fingerprint density at radius 2 is 2.08 bits per heavy atom. The van der Waals surface area contributed by atoms with Crippen LogP contribution in [0.3, 0.4) is 0 Å². The number of fused-ring (bicyclic) bond motifs is 1. The maximum atomic E-state index is 9.60. The largest absolute Gasteiger partial charge is 0.508 e. The molecule has 1 aliphatic rings. The Morgan fingerprint density at radius 1 is 1.33 bits per heavy atom. The molecule has 0 atom stereocenters. The zero-order valence-electron chi connectivity index (χ0n) is 7.30. The number of aromatic nitrogens is 1. The summed E-state index contributed by atoms with van der Waals surface area (Å²) in [5.74, 6) is 0.442. The minimum absolute atomic E-state index is 0.442. The number of aromatic hydroxyl groups is 1. The summed E-state index contributed by atoms with van der Waals surface area (Å²) >= 11 is 0. The lowest BCUT2D eigenvalue weighted by atomic mass is 9.95. The maximum Gasteiger partial charge on any atom is 0.122 e. The van der Waals surface area contributed by atoms with Gasteiger partial charge in [0.05, 0.1) is 0 Å². The van der Waals surface area contributed by atoms with Crippen molar-refractivity contribution in [1.29, 1.82) is 0 Å². The second-order valence-electron chi connectivity index (χ2n) is 3.42. The van der Waals surface area contributed by atoms with Gasteiger partial charge in [0.15, 0.2) is 0 Å². The number of pyridine rings is 1. The van der Waals surface area contributed by atoms with Gasteiger partial charge in [-0.1, -0.05) is 0 Å². The summed E-state index contributed by atoms with van der Waals surface area (Å²) in [5.41, 5.74) is 3.11. The van der Waals surface area contributed by atoms with Crippen molar-refractivity contribution in [2.75, 3.05) is 0 Å². The van der Waals surface area contributed by atoms with E-state index >= 15 is 0 Å². The first-order valence-electron chi connectivity index (χ1n) is 4.46. The van der Waals surface area contributed by atoms with Gasteiger partial charge in [-0.25, -0.2) is 0 Å². The molecule has 1 aromatic heterocycles. The molecule has 2 heteroatoms. The highest BCUT2D eigenvalue weighted by Gasteiger charge is 2.14. The first-order valence-corrected chi connectivity index (χ1v) is 4.46. The van der Waals surface area contributed by atoms with Crippen molar-refractivity contribution < 1.29 is 5.11 Å². The molecule has 2 rings (SSSR count). The van der Waals surface area contributed by atoms with Gasteiger partial charge in [-0.05, 0) is 32.6 Å². The Morgan fingerprint density at radius 3 is 2.92 bits per heavy atom. The van der Waals surface area contributed by atoms with Gasteiger partial charge in [-0.15, -0.1) is 0 Å². The lowest BCUT2D eigenvalue weighted by Gasteiger charge is -2.16. The van der Waals surface area contributed by atoms with Crippen LogP contribution < -0.4 is 0 Å². The molecule has 0 aromatic carbocycles. The van der Waals surface area contributed by atoms with Crippen LogP contribution in [0.2, 0.25) is 0 Å². The van der Waals surface area contributed by atoms with E-state index in [4.69, 9.17) is 0 Å². The van der Waals surface area contributed by atoms with Crippen molar-refractivity contribution in [1.82, 2.24) is 4.98 Å². The van der Waals surface area contributed by atoms with E-state index in [-0.39, 0.29) is 0 Å². The highest BCUT2D eigenvalue weighted by Crippen LogP contribution is 2.27. The van der Waals surface area contributed by atoms with E-state index in [0.717, 1.165) is 29.8 Å². The minimum Gasteiger partial charge on any atom is -0.508 e. The molecular weight excluding hydrogens is 150 g/mol. The predicted octanol–water partition coefficient (Wildman–Crippen LogP) is 1.97. The fourth-order valence-corrected chi connectivity index (χ4v) is 1.82. The molecule has 0 saturated heterocycles. The predicted molar refractivity (Wildman–Crippen MR) is 47.3 cm³/mol. The molecule has 1 aliphatic carbocycles. The van der Waals surface area contributed by atoms with Gasteiger partial charge in [0.25, 0.3) is 0 Å². The third-order valence-electron chi connectivity index (χ3n) is 2.40. The van der Waals surface area contributed by atoms with Crippen LogP contribution >= 0.6 is 0 Å². The second kappa shape index (κ2) is 2.77. The van der Waals surface area contributed by atoms with Crippen molar-refractivity contribution in [3.05, 3.63) is 23.0 Å². The molecule has 1 aromatic rings. The lowest BCUT2D eigenvalue weighted by molar-refractivity contribution is 0.459. The zero-order chi connectivity index (χ0) is 8.55. The number of hydrogen-bond donors (Lipinski definition) is 1. The van der Waals surface area contributed by atoms with Gasteiger partial charge >= 0.3 is 0 Å². The van der Waals surface area contributed by atoms with E-state index < -0.39 is 0 Å². The molecule has 0 aliphatic heterocycles. The smallest absolute Gasteiger partial charge is 0.122 e. The van der Waals surface area contributed by atoms with Crippen molar-refractivity contribution in [3.8, 4) is 5.75 Å². The number of nitrogens with zero attached hydrogens (tertiary/aromatic N) is 1. The Hall–Kier alpha value is -1.05. The summed E-state index contributed by atoms with van der Waals surface area (Å²) < 4.78 is 0. The molecule has 0 saturated carbocycles. The molecule has 0 amide bonds. The van der Waals surface area contributed by atoms with Gasteiger partial charge in [-0.3, -0.25) is 4.98 Å². The van der Waals surface area contributed by atoms with E-state index in [1.54, 1.807) is 6.07 Å². The molecule has 1 heterocycles. The van der Waals surface area contributed by atoms with E-state index in [1.165, 1.54) is 12.8 Å². The summed E-state index contributed by atoms with van der Waals surface area (Å²) in [7, 11) is 0. The summed E-state index contributed by atoms with van der Waals surface area (Å²) in [6.07, 6.45) is 4.42. The first-order chi connectivity index (χ1) is 5.77. The van der Waals surface area contributed by atoms with Gasteiger partial charge in [0, 0.05) is 23.0 Å². The van der Waals surface area contributed by atoms with Crippen LogP contribution in [0.4, 0.5) is 0 Å². The topological polar surface area (TPSA) is 33.1 Å². The minimum atomic E-state index is 0.442. The fraction of sp³-hybridized carbons (Fsp3) is 0.500. The molecule has 0 fully saturated rings. The molecule has 64 valence electrons. The van der Waals surface area contributed by atoms with E-state index in [9.17, 15) is 5.11 Å². The number of hydrogen-bond acceptors (Lipinski definition) is 2. The van der Waals surface area contributed by atoms with Crippen molar-refractivity contribution >= 4 is 0 Å². The van der Waals surface area contributed by atoms with E-state index in [2.05, 4.69) is 4.98 Å². The quantitative estimate of drug-likeness (QED) is 0.634. The Kier molecular flexibility index (Phi) is 1.75. The Balaban J connectivity index is 2.53. The molecule has 0 spiro atoms. The SMILES string of the molecule is Cc1cc(O)c2c(n1)CCCC2. The van der Waals surface area contributed by atoms with E-state index in [1.807, 2.05) is 6.92 Å². The van der Waals surface area contributed by atoms with Crippen LogP contribution in [-0.4, -0.2) is 10.1 Å². The molecule has 0 radical (unpaired) electrons. The molecule has 1 N–H and O–H groups in total. The average molecular weight is 163 g/mol. The van der Waals surface area contributed by atoms with E-state index in [0.29, 0.717) is 5.75 Å². The van der Waals surface area contributed by atoms with Gasteiger partial charge < -0.3 is 5.11 Å². The van der Waals surface area contributed by atoms with Crippen molar-refractivity contribution in [3.63, 3.8) is 0 Å². The summed E-state index contributed by atoms with van der Waals surface area (Å²) in [5, 5.41) is 9.60. The van der Waals surface area contributed by atoms with Crippen LogP contribution in [0.1, 0.15) is 29.8 Å². The molecule has 12 heavy (non-hydrogen) atoms. The fourth-order valence-electron chi connectivity index (χ4n) is 1.82. The normalized spacial score (nSPS) is 15.8. The average Bonchev–Trinajstić information content (AvgIpc) is 2.04. The van der Waals surface area contributed by atoms with Gasteiger partial charge in [-0.2, -0.15) is 0 Å². The summed E-state index contributed by atoms with van der Waals surface area (Å²) in [6.45, 7) is 1.93. The number of rotatable bonds is 0. The van der Waals surface area contributed by atoms with Crippen LogP contribution in [0.25, 0.3) is 0 Å². The third-order valence-corrected chi connectivity index (χ3v) is 2.40. The molecule has 0 unspecified atom stereocenters. The van der Waals surface area contributed by atoms with Crippen LogP contribution in [0, 0.1) is 6.92 Å². The zero-order valence-corrected chi connectivity index (χ0v) is 7.30. The highest BCUT2D eigenvalue weighted by atomic mass is 16.3.